The van der Waals surface area contributed by atoms with E-state index < -0.39 is 0 Å². The van der Waals surface area contributed by atoms with Crippen molar-refractivity contribution in [1.29, 1.82) is 0 Å². The van der Waals surface area contributed by atoms with E-state index in [1.165, 1.54) is 69.7 Å². The molecule has 6 heteroatoms. The molecule has 3 rings (SSSR count). The maximum Gasteiger partial charge on any atom is 0.207 e. The number of hydrogen-bond donors (Lipinski definition) is 0. The van der Waals surface area contributed by atoms with E-state index in [-0.39, 0.29) is 0 Å². The summed E-state index contributed by atoms with van der Waals surface area (Å²) in [5.41, 5.74) is 0. The average Bonchev–Trinajstić information content (AvgIpc) is 3.04. The van der Waals surface area contributed by atoms with Crippen molar-refractivity contribution in [2.45, 2.75) is 32.2 Å². The Morgan fingerprint density at radius 2 is 1.79 bits per heavy atom. The monoisotopic (exact) mass is 300 g/mol. The van der Waals surface area contributed by atoms with Crippen molar-refractivity contribution in [2.24, 2.45) is 5.92 Å². The summed E-state index contributed by atoms with van der Waals surface area (Å²) in [4.78, 5) is 5.13. The van der Waals surface area contributed by atoms with Gasteiger partial charge in [-0.1, -0.05) is 11.3 Å². The van der Waals surface area contributed by atoms with Crippen LogP contribution in [-0.4, -0.2) is 52.7 Å². The van der Waals surface area contributed by atoms with E-state index in [1.54, 1.807) is 0 Å². The lowest BCUT2D eigenvalue weighted by Crippen LogP contribution is -2.37. The van der Waals surface area contributed by atoms with Crippen molar-refractivity contribution < 1.29 is 0 Å². The molecule has 1 aromatic heterocycles. The zero-order valence-corrected chi connectivity index (χ0v) is 12.8. The molecule has 0 saturated carbocycles. The van der Waals surface area contributed by atoms with Gasteiger partial charge in [0.25, 0.3) is 0 Å². The van der Waals surface area contributed by atoms with Gasteiger partial charge in [0.1, 0.15) is 5.01 Å². The quantitative estimate of drug-likeness (QED) is 0.855. The Balaban J connectivity index is 1.41. The Hall–Kier alpha value is -0.230. The minimum atomic E-state index is 0.555. The van der Waals surface area contributed by atoms with Crippen LogP contribution in [0.5, 0.6) is 0 Å². The van der Waals surface area contributed by atoms with E-state index in [1.807, 2.05) is 0 Å². The molecule has 1 aromatic rings. The zero-order chi connectivity index (χ0) is 13.1. The van der Waals surface area contributed by atoms with Crippen LogP contribution in [0.15, 0.2) is 0 Å². The van der Waals surface area contributed by atoms with Crippen molar-refractivity contribution >= 4 is 22.9 Å². The van der Waals surface area contributed by atoms with Crippen molar-refractivity contribution in [1.82, 2.24) is 20.0 Å². The zero-order valence-electron chi connectivity index (χ0n) is 11.2. The third-order valence-electron chi connectivity index (χ3n) is 4.22. The largest absolute Gasteiger partial charge is 0.303 e. The summed E-state index contributed by atoms with van der Waals surface area (Å²) in [6.45, 7) is 7.26. The van der Waals surface area contributed by atoms with E-state index in [0.717, 1.165) is 17.5 Å². The van der Waals surface area contributed by atoms with Gasteiger partial charge >= 0.3 is 0 Å². The molecule has 2 aliphatic heterocycles. The van der Waals surface area contributed by atoms with Crippen LogP contribution in [0.4, 0.5) is 0 Å². The van der Waals surface area contributed by atoms with Crippen LogP contribution in [0, 0.1) is 5.92 Å². The highest BCUT2D eigenvalue weighted by molar-refractivity contribution is 7.15. The fraction of sp³-hybridized carbons (Fsp3) is 0.846. The number of hydrogen-bond acceptors (Lipinski definition) is 5. The van der Waals surface area contributed by atoms with Crippen LogP contribution in [0.1, 0.15) is 30.7 Å². The van der Waals surface area contributed by atoms with E-state index in [2.05, 4.69) is 20.0 Å². The molecule has 2 aliphatic rings. The smallest absolute Gasteiger partial charge is 0.207 e. The number of likely N-dealkylation sites (tertiary alicyclic amines) is 2. The molecule has 0 atom stereocenters. The summed E-state index contributed by atoms with van der Waals surface area (Å²) in [5, 5.41) is 9.01. The first-order valence-corrected chi connectivity index (χ1v) is 8.41. The van der Waals surface area contributed by atoms with Crippen molar-refractivity contribution in [3.8, 4) is 0 Å². The molecule has 0 aromatic carbocycles. The summed E-state index contributed by atoms with van der Waals surface area (Å²) in [6, 6.07) is 0. The fourth-order valence-electron chi connectivity index (χ4n) is 3.15. The number of halogens is 1. The molecule has 0 amide bonds. The molecule has 4 nitrogen and oxygen atoms in total. The third-order valence-corrected chi connectivity index (χ3v) is 5.23. The van der Waals surface area contributed by atoms with Crippen LogP contribution in [0.25, 0.3) is 0 Å². The molecule has 0 bridgehead atoms. The molecule has 0 aliphatic carbocycles. The molecule has 0 spiro atoms. The normalized spacial score (nSPS) is 23.2. The Morgan fingerprint density at radius 1 is 1.05 bits per heavy atom. The third kappa shape index (κ3) is 3.88. The van der Waals surface area contributed by atoms with Crippen LogP contribution in [-0.2, 0) is 6.54 Å². The second-order valence-corrected chi connectivity index (χ2v) is 7.32. The van der Waals surface area contributed by atoms with Gasteiger partial charge in [-0.25, -0.2) is 0 Å². The van der Waals surface area contributed by atoms with Gasteiger partial charge < -0.3 is 4.90 Å². The predicted octanol–water partition coefficient (Wildman–Crippen LogP) is 2.50. The minimum absolute atomic E-state index is 0.555. The van der Waals surface area contributed by atoms with Crippen molar-refractivity contribution in [3.63, 3.8) is 0 Å². The first kappa shape index (κ1) is 13.7. The summed E-state index contributed by atoms with van der Waals surface area (Å²) >= 11 is 7.32. The Labute approximate surface area is 123 Å². The lowest BCUT2D eigenvalue weighted by Gasteiger charge is -2.33. The van der Waals surface area contributed by atoms with Crippen LogP contribution in [0.3, 0.4) is 0 Å². The summed E-state index contributed by atoms with van der Waals surface area (Å²) < 4.78 is 0.555. The summed E-state index contributed by atoms with van der Waals surface area (Å²) in [7, 11) is 0. The Morgan fingerprint density at radius 3 is 2.42 bits per heavy atom. The van der Waals surface area contributed by atoms with Gasteiger partial charge in [-0.15, -0.1) is 10.2 Å². The highest BCUT2D eigenvalue weighted by atomic mass is 35.5. The maximum atomic E-state index is 5.82. The SMILES string of the molecule is Clc1nnc(CN2CCC(CN3CCCC3)CC2)s1. The van der Waals surface area contributed by atoms with E-state index in [4.69, 9.17) is 11.6 Å². The summed E-state index contributed by atoms with van der Waals surface area (Å²) in [5.74, 6) is 0.896. The Kier molecular flexibility index (Phi) is 4.69. The average molecular weight is 301 g/mol. The molecule has 2 saturated heterocycles. The van der Waals surface area contributed by atoms with Crippen LogP contribution >= 0.6 is 22.9 Å². The number of piperidine rings is 1. The Bertz CT molecular complexity index is 397. The first-order chi connectivity index (χ1) is 9.29. The first-order valence-electron chi connectivity index (χ1n) is 7.22. The fourth-order valence-corrected chi connectivity index (χ4v) is 4.06. The molecule has 19 heavy (non-hydrogen) atoms. The molecule has 0 unspecified atom stereocenters. The van der Waals surface area contributed by atoms with Gasteiger partial charge in [0.2, 0.25) is 4.47 Å². The molecule has 0 radical (unpaired) electrons. The second-order valence-electron chi connectivity index (χ2n) is 5.68. The molecule has 106 valence electrons. The summed E-state index contributed by atoms with van der Waals surface area (Å²) in [6.07, 6.45) is 5.44. The highest BCUT2D eigenvalue weighted by Crippen LogP contribution is 2.23. The van der Waals surface area contributed by atoms with Crippen LogP contribution in [0.2, 0.25) is 4.47 Å². The predicted molar refractivity (Wildman–Crippen MR) is 78.6 cm³/mol. The highest BCUT2D eigenvalue weighted by Gasteiger charge is 2.23. The molecular formula is C13H21ClN4S. The maximum absolute atomic E-state index is 5.82. The molecule has 3 heterocycles. The van der Waals surface area contributed by atoms with Gasteiger partial charge in [0.15, 0.2) is 0 Å². The number of rotatable bonds is 4. The molecule has 2 fully saturated rings. The van der Waals surface area contributed by atoms with Crippen LogP contribution < -0.4 is 0 Å². The minimum Gasteiger partial charge on any atom is -0.303 e. The van der Waals surface area contributed by atoms with E-state index in [9.17, 15) is 0 Å². The standard InChI is InChI=1S/C13H21ClN4S/c14-13-16-15-12(19-13)10-18-7-3-11(4-8-18)9-17-5-1-2-6-17/h11H,1-10H2. The number of aromatic nitrogens is 2. The lowest BCUT2D eigenvalue weighted by atomic mass is 9.96. The van der Waals surface area contributed by atoms with Gasteiger partial charge in [0, 0.05) is 6.54 Å². The second kappa shape index (κ2) is 6.48. The topological polar surface area (TPSA) is 32.3 Å². The van der Waals surface area contributed by atoms with E-state index in [0.29, 0.717) is 4.47 Å². The molecule has 0 N–H and O–H groups in total. The van der Waals surface area contributed by atoms with Gasteiger partial charge in [-0.3, -0.25) is 4.90 Å². The van der Waals surface area contributed by atoms with Gasteiger partial charge in [0.05, 0.1) is 6.54 Å². The lowest BCUT2D eigenvalue weighted by molar-refractivity contribution is 0.148. The molecular weight excluding hydrogens is 280 g/mol. The van der Waals surface area contributed by atoms with Crippen molar-refractivity contribution in [3.05, 3.63) is 9.47 Å². The van der Waals surface area contributed by atoms with Gasteiger partial charge in [-0.05, 0) is 69.4 Å². The number of nitrogens with zero attached hydrogens (tertiary/aromatic N) is 4. The van der Waals surface area contributed by atoms with Gasteiger partial charge in [-0.2, -0.15) is 0 Å². The van der Waals surface area contributed by atoms with Crippen molar-refractivity contribution in [2.75, 3.05) is 32.7 Å². The van der Waals surface area contributed by atoms with E-state index >= 15 is 0 Å².